The molecular weight excluding hydrogens is 318 g/mol. The Morgan fingerprint density at radius 2 is 1.64 bits per heavy atom. The van der Waals surface area contributed by atoms with Gasteiger partial charge >= 0.3 is 6.03 Å². The van der Waals surface area contributed by atoms with Crippen LogP contribution in [0.1, 0.15) is 53.9 Å². The van der Waals surface area contributed by atoms with Crippen LogP contribution in [0.2, 0.25) is 0 Å². The van der Waals surface area contributed by atoms with Crippen molar-refractivity contribution in [1.82, 2.24) is 14.7 Å². The van der Waals surface area contributed by atoms with Crippen LogP contribution in [-0.4, -0.2) is 76.1 Å². The van der Waals surface area contributed by atoms with E-state index in [0.717, 1.165) is 19.5 Å². The first-order valence-corrected chi connectivity index (χ1v) is 9.71. The number of rotatable bonds is 7. The van der Waals surface area contributed by atoms with E-state index in [2.05, 4.69) is 18.7 Å². The molecule has 0 bridgehead atoms. The third kappa shape index (κ3) is 4.00. The van der Waals surface area contributed by atoms with E-state index in [9.17, 15) is 14.7 Å². The average molecular weight is 354 g/mol. The molecule has 1 atom stereocenters. The molecule has 2 aliphatic rings. The topological polar surface area (TPSA) is 64.1 Å². The van der Waals surface area contributed by atoms with Gasteiger partial charge in [0.1, 0.15) is 5.54 Å². The summed E-state index contributed by atoms with van der Waals surface area (Å²) in [6.45, 7) is 13.1. The summed E-state index contributed by atoms with van der Waals surface area (Å²) < 4.78 is 0. The number of hydrogen-bond donors (Lipinski definition) is 1. The highest BCUT2D eigenvalue weighted by Crippen LogP contribution is 2.38. The van der Waals surface area contributed by atoms with Crippen LogP contribution in [-0.2, 0) is 4.79 Å². The second-order valence-corrected chi connectivity index (χ2v) is 8.53. The predicted molar refractivity (Wildman–Crippen MR) is 98.2 cm³/mol. The molecule has 25 heavy (non-hydrogen) atoms. The van der Waals surface area contributed by atoms with Gasteiger partial charge in [-0.1, -0.05) is 27.7 Å². The number of hydrogen-bond acceptors (Lipinski definition) is 4. The number of imide groups is 1. The molecular formula is C19H35N3O3. The van der Waals surface area contributed by atoms with Gasteiger partial charge in [0.05, 0.1) is 6.61 Å². The number of urea groups is 1. The molecule has 2 rings (SSSR count). The lowest BCUT2D eigenvalue weighted by Gasteiger charge is -2.44. The van der Waals surface area contributed by atoms with Crippen LogP contribution >= 0.6 is 0 Å². The maximum Gasteiger partial charge on any atom is 0.327 e. The molecule has 6 nitrogen and oxygen atoms in total. The Morgan fingerprint density at radius 3 is 2.12 bits per heavy atom. The highest BCUT2D eigenvalue weighted by molar-refractivity contribution is 6.07. The molecule has 0 saturated carbocycles. The van der Waals surface area contributed by atoms with Crippen LogP contribution in [0, 0.1) is 11.8 Å². The number of amides is 3. The van der Waals surface area contributed by atoms with Crippen LogP contribution in [0.4, 0.5) is 4.79 Å². The number of carbonyl (C=O) groups is 2. The van der Waals surface area contributed by atoms with Crippen LogP contribution in [0.15, 0.2) is 0 Å². The number of piperidine rings is 1. The van der Waals surface area contributed by atoms with Gasteiger partial charge in [-0.3, -0.25) is 14.6 Å². The highest BCUT2D eigenvalue weighted by atomic mass is 16.3. The molecule has 1 N–H and O–H groups in total. The van der Waals surface area contributed by atoms with Gasteiger partial charge in [-0.25, -0.2) is 4.79 Å². The Hall–Kier alpha value is -1.14. The maximum absolute atomic E-state index is 13.2. The smallest absolute Gasteiger partial charge is 0.327 e. The average Bonchev–Trinajstić information content (AvgIpc) is 2.74. The van der Waals surface area contributed by atoms with Crippen molar-refractivity contribution in [3.8, 4) is 0 Å². The quantitative estimate of drug-likeness (QED) is 0.713. The first-order valence-electron chi connectivity index (χ1n) is 9.71. The molecule has 3 amide bonds. The van der Waals surface area contributed by atoms with Crippen molar-refractivity contribution in [2.45, 2.75) is 65.5 Å². The van der Waals surface area contributed by atoms with Crippen molar-refractivity contribution < 1.29 is 14.7 Å². The van der Waals surface area contributed by atoms with Gasteiger partial charge in [-0.05, 0) is 38.0 Å². The zero-order chi connectivity index (χ0) is 18.8. The summed E-state index contributed by atoms with van der Waals surface area (Å²) in [5.41, 5.74) is -0.674. The second kappa shape index (κ2) is 8.04. The van der Waals surface area contributed by atoms with Gasteiger partial charge in [0.25, 0.3) is 5.91 Å². The third-order valence-corrected chi connectivity index (χ3v) is 5.61. The van der Waals surface area contributed by atoms with Crippen LogP contribution < -0.4 is 0 Å². The fraction of sp³-hybridized carbons (Fsp3) is 0.895. The molecule has 0 aromatic heterocycles. The van der Waals surface area contributed by atoms with Crippen molar-refractivity contribution in [2.75, 3.05) is 32.8 Å². The molecule has 0 radical (unpaired) electrons. The van der Waals surface area contributed by atoms with E-state index in [4.69, 9.17) is 0 Å². The lowest BCUT2D eigenvalue weighted by atomic mass is 9.85. The summed E-state index contributed by atoms with van der Waals surface area (Å²) >= 11 is 0. The van der Waals surface area contributed by atoms with E-state index in [1.165, 1.54) is 4.90 Å². The fourth-order valence-corrected chi connectivity index (χ4v) is 3.94. The molecule has 0 aliphatic carbocycles. The number of aliphatic hydroxyl groups excluding tert-OH is 1. The van der Waals surface area contributed by atoms with Gasteiger partial charge in [-0.2, -0.15) is 0 Å². The van der Waals surface area contributed by atoms with Crippen molar-refractivity contribution in [3.05, 3.63) is 0 Å². The van der Waals surface area contributed by atoms with Gasteiger partial charge in [0.2, 0.25) is 0 Å². The second-order valence-electron chi connectivity index (χ2n) is 8.53. The minimum absolute atomic E-state index is 0.00809. The molecule has 0 aromatic carbocycles. The molecule has 0 aromatic rings. The Labute approximate surface area is 152 Å². The lowest BCUT2D eigenvalue weighted by molar-refractivity contribution is -0.136. The van der Waals surface area contributed by atoms with Gasteiger partial charge < -0.3 is 10.0 Å². The largest absolute Gasteiger partial charge is 0.395 e. The van der Waals surface area contributed by atoms with E-state index in [1.54, 1.807) is 0 Å². The normalized spacial score (nSPS) is 22.7. The summed E-state index contributed by atoms with van der Waals surface area (Å²) in [6, 6.07) is -0.0107. The van der Waals surface area contributed by atoms with Crippen molar-refractivity contribution >= 4 is 11.9 Å². The zero-order valence-electron chi connectivity index (χ0n) is 16.5. The first kappa shape index (κ1) is 20.2. The molecule has 2 aliphatic heterocycles. The van der Waals surface area contributed by atoms with E-state index in [1.807, 2.05) is 25.7 Å². The number of nitrogens with zero attached hydrogens (tertiary/aromatic N) is 3. The Morgan fingerprint density at radius 1 is 1.04 bits per heavy atom. The third-order valence-electron chi connectivity index (χ3n) is 5.61. The SMILES string of the molecule is CC(C)CCN1C(=O)N(CC(C)C)C(=O)C12CCN(C(C)CO)CC2. The van der Waals surface area contributed by atoms with E-state index in [-0.39, 0.29) is 30.5 Å². The maximum atomic E-state index is 13.2. The van der Waals surface area contributed by atoms with Crippen molar-refractivity contribution in [2.24, 2.45) is 11.8 Å². The summed E-state index contributed by atoms with van der Waals surface area (Å²) in [4.78, 5) is 31.8. The molecule has 2 fully saturated rings. The summed E-state index contributed by atoms with van der Waals surface area (Å²) in [5.74, 6) is 0.754. The van der Waals surface area contributed by atoms with Crippen LogP contribution in [0.3, 0.4) is 0 Å². The van der Waals surface area contributed by atoms with E-state index >= 15 is 0 Å². The summed E-state index contributed by atoms with van der Waals surface area (Å²) in [7, 11) is 0. The monoisotopic (exact) mass is 353 g/mol. The molecule has 1 spiro atoms. The van der Waals surface area contributed by atoms with Crippen LogP contribution in [0.25, 0.3) is 0 Å². The molecule has 144 valence electrons. The molecule has 2 heterocycles. The molecule has 2 saturated heterocycles. The molecule has 6 heteroatoms. The summed E-state index contributed by atoms with van der Waals surface area (Å²) in [6.07, 6.45) is 2.23. The van der Waals surface area contributed by atoms with Crippen molar-refractivity contribution in [3.63, 3.8) is 0 Å². The minimum atomic E-state index is -0.674. The predicted octanol–water partition coefficient (Wildman–Crippen LogP) is 2.17. The van der Waals surface area contributed by atoms with Crippen LogP contribution in [0.5, 0.6) is 0 Å². The Kier molecular flexibility index (Phi) is 6.49. The van der Waals surface area contributed by atoms with Gasteiger partial charge in [-0.15, -0.1) is 0 Å². The first-order chi connectivity index (χ1) is 11.7. The van der Waals surface area contributed by atoms with Gasteiger partial charge in [0, 0.05) is 32.2 Å². The Bertz CT molecular complexity index is 484. The zero-order valence-corrected chi connectivity index (χ0v) is 16.5. The fourth-order valence-electron chi connectivity index (χ4n) is 3.94. The molecule has 1 unspecified atom stereocenters. The van der Waals surface area contributed by atoms with E-state index in [0.29, 0.717) is 31.8 Å². The number of likely N-dealkylation sites (tertiary alicyclic amines) is 1. The Balaban J connectivity index is 2.22. The standard InChI is InChI=1S/C19H35N3O3/c1-14(2)6-9-22-18(25)21(12-15(3)4)17(24)19(22)7-10-20(11-8-19)16(5)13-23/h14-16,23H,6-13H2,1-5H3. The van der Waals surface area contributed by atoms with Crippen molar-refractivity contribution in [1.29, 1.82) is 0 Å². The lowest BCUT2D eigenvalue weighted by Crippen LogP contribution is -2.58. The minimum Gasteiger partial charge on any atom is -0.395 e. The summed E-state index contributed by atoms with van der Waals surface area (Å²) in [5, 5.41) is 9.40. The number of carbonyl (C=O) groups excluding carboxylic acids is 2. The van der Waals surface area contributed by atoms with E-state index < -0.39 is 5.54 Å². The number of aliphatic hydroxyl groups is 1. The highest BCUT2D eigenvalue weighted by Gasteiger charge is 2.57. The van der Waals surface area contributed by atoms with Gasteiger partial charge in [0.15, 0.2) is 0 Å².